The largest absolute Gasteiger partial charge is 0.318 e. The van der Waals surface area contributed by atoms with Crippen molar-refractivity contribution in [1.82, 2.24) is 8.85 Å². The molecule has 0 heterocycles. The summed E-state index contributed by atoms with van der Waals surface area (Å²) in [5, 5.41) is 3.21. The maximum atomic E-state index is 5.39. The Morgan fingerprint density at radius 1 is 1.50 bits per heavy atom. The molecule has 0 saturated carbocycles. The summed E-state index contributed by atoms with van der Waals surface area (Å²) in [6, 6.07) is 0.495. The maximum Gasteiger partial charge on any atom is 0.0430 e. The molecule has 12 heavy (non-hydrogen) atoms. The second kappa shape index (κ2) is 6.12. The van der Waals surface area contributed by atoms with Crippen molar-refractivity contribution in [3.8, 4) is 0 Å². The van der Waals surface area contributed by atoms with E-state index in [9.17, 15) is 0 Å². The van der Waals surface area contributed by atoms with Crippen molar-refractivity contribution in [3.05, 3.63) is 0 Å². The van der Waals surface area contributed by atoms with E-state index in [4.69, 9.17) is 5.73 Å². The summed E-state index contributed by atoms with van der Waals surface area (Å²) in [6.07, 6.45) is 1.14. The Morgan fingerprint density at radius 2 is 2.08 bits per heavy atom. The minimum Gasteiger partial charge on any atom is -0.318 e. The first-order valence-corrected chi connectivity index (χ1v) is 5.36. The summed E-state index contributed by atoms with van der Waals surface area (Å²) in [4.78, 5) is 0. The van der Waals surface area contributed by atoms with Gasteiger partial charge in [0.05, 0.1) is 0 Å². The van der Waals surface area contributed by atoms with E-state index in [1.807, 2.05) is 0 Å². The number of nitrogens with one attached hydrogen (secondary N) is 2. The van der Waals surface area contributed by atoms with E-state index >= 15 is 0 Å². The number of hydrogen-bond acceptors (Lipinski definition) is 3. The first kappa shape index (κ1) is 12.6. The molecule has 0 aliphatic carbocycles. The van der Waals surface area contributed by atoms with Crippen molar-refractivity contribution >= 4 is 22.9 Å². The van der Waals surface area contributed by atoms with Gasteiger partial charge >= 0.3 is 0 Å². The molecule has 0 aromatic carbocycles. The quantitative estimate of drug-likeness (QED) is 0.391. The van der Waals surface area contributed by atoms with Gasteiger partial charge in [-0.2, -0.15) is 0 Å². The molecule has 4 N–H and O–H groups in total. The van der Waals surface area contributed by atoms with Gasteiger partial charge in [-0.25, -0.2) is 0 Å². The molecule has 1 atom stereocenters. The summed E-state index contributed by atoms with van der Waals surface area (Å²) >= 11 is 2.19. The van der Waals surface area contributed by atoms with E-state index in [0.29, 0.717) is 18.1 Å². The average molecular weight is 285 g/mol. The fraction of sp³-hybridized carbons (Fsp3) is 1.00. The van der Waals surface area contributed by atoms with Gasteiger partial charge in [-0.05, 0) is 18.8 Å². The topological polar surface area (TPSA) is 50.1 Å². The SMILES string of the molecule is CC(CC(C)(C)CNI)NCN. The molecule has 3 nitrogen and oxygen atoms in total. The fourth-order valence-corrected chi connectivity index (χ4v) is 2.39. The van der Waals surface area contributed by atoms with Gasteiger partial charge in [0.2, 0.25) is 0 Å². The molecular weight excluding hydrogens is 265 g/mol. The summed E-state index contributed by atoms with van der Waals surface area (Å²) < 4.78 is 3.17. The molecule has 0 rings (SSSR count). The number of rotatable bonds is 6. The van der Waals surface area contributed by atoms with Gasteiger partial charge in [0.1, 0.15) is 0 Å². The third kappa shape index (κ3) is 6.16. The number of hydrogen-bond donors (Lipinski definition) is 3. The van der Waals surface area contributed by atoms with Gasteiger partial charge in [-0.3, -0.25) is 3.53 Å². The zero-order valence-corrected chi connectivity index (χ0v) is 10.3. The predicted octanol–water partition coefficient (Wildman–Crippen LogP) is 1.24. The molecule has 4 heteroatoms. The van der Waals surface area contributed by atoms with Gasteiger partial charge in [0, 0.05) is 42.1 Å². The molecule has 0 saturated heterocycles. The van der Waals surface area contributed by atoms with Crippen LogP contribution in [0.4, 0.5) is 0 Å². The standard InChI is InChI=1S/C8H20IN3/c1-7(11-6-10)4-8(2,3)5-12-9/h7,11-12H,4-6,10H2,1-3H3. The van der Waals surface area contributed by atoms with Crippen LogP contribution in [0.1, 0.15) is 27.2 Å². The lowest BCUT2D eigenvalue weighted by Gasteiger charge is -2.27. The Balaban J connectivity index is 3.70. The molecule has 0 spiro atoms. The Kier molecular flexibility index (Phi) is 6.43. The predicted molar refractivity (Wildman–Crippen MR) is 62.1 cm³/mol. The Labute approximate surface area is 89.4 Å². The Morgan fingerprint density at radius 3 is 2.50 bits per heavy atom. The van der Waals surface area contributed by atoms with E-state index in [1.165, 1.54) is 0 Å². The van der Waals surface area contributed by atoms with E-state index in [0.717, 1.165) is 13.0 Å². The zero-order chi connectivity index (χ0) is 9.61. The summed E-state index contributed by atoms with van der Waals surface area (Å²) in [7, 11) is 0. The highest BCUT2D eigenvalue weighted by atomic mass is 127. The van der Waals surface area contributed by atoms with Crippen LogP contribution in [0.3, 0.4) is 0 Å². The molecule has 0 aromatic heterocycles. The van der Waals surface area contributed by atoms with Crippen molar-refractivity contribution in [2.75, 3.05) is 13.2 Å². The molecule has 0 radical (unpaired) electrons. The molecule has 74 valence electrons. The summed E-state index contributed by atoms with van der Waals surface area (Å²) in [5.74, 6) is 0. The lowest BCUT2D eigenvalue weighted by Crippen LogP contribution is -2.37. The van der Waals surface area contributed by atoms with Crippen molar-refractivity contribution in [2.45, 2.75) is 33.2 Å². The monoisotopic (exact) mass is 285 g/mol. The average Bonchev–Trinajstić information content (AvgIpc) is 1.85. The van der Waals surface area contributed by atoms with Crippen molar-refractivity contribution in [1.29, 1.82) is 0 Å². The minimum atomic E-state index is 0.336. The molecule has 0 fully saturated rings. The summed E-state index contributed by atoms with van der Waals surface area (Å²) in [6.45, 7) is 8.28. The van der Waals surface area contributed by atoms with Crippen LogP contribution in [-0.4, -0.2) is 19.3 Å². The highest BCUT2D eigenvalue weighted by molar-refractivity contribution is 14.1. The first-order chi connectivity index (χ1) is 5.52. The van der Waals surface area contributed by atoms with Crippen LogP contribution in [0.2, 0.25) is 0 Å². The molecule has 0 aromatic rings. The third-order valence-corrected chi connectivity index (χ3v) is 2.25. The van der Waals surface area contributed by atoms with Crippen LogP contribution in [0, 0.1) is 5.41 Å². The molecule has 0 aliphatic rings. The van der Waals surface area contributed by atoms with Crippen LogP contribution in [0.25, 0.3) is 0 Å². The molecule has 1 unspecified atom stereocenters. The smallest absolute Gasteiger partial charge is 0.0430 e. The Bertz CT molecular complexity index is 117. The van der Waals surface area contributed by atoms with Crippen LogP contribution in [-0.2, 0) is 0 Å². The molecule has 0 amide bonds. The van der Waals surface area contributed by atoms with Gasteiger partial charge in [0.25, 0.3) is 0 Å². The van der Waals surface area contributed by atoms with Crippen LogP contribution in [0.15, 0.2) is 0 Å². The fourth-order valence-electron chi connectivity index (χ4n) is 1.36. The van der Waals surface area contributed by atoms with Crippen LogP contribution < -0.4 is 14.6 Å². The van der Waals surface area contributed by atoms with E-state index in [2.05, 4.69) is 52.5 Å². The van der Waals surface area contributed by atoms with E-state index < -0.39 is 0 Å². The first-order valence-electron chi connectivity index (χ1n) is 4.29. The number of halogens is 1. The van der Waals surface area contributed by atoms with Crippen LogP contribution in [0.5, 0.6) is 0 Å². The highest BCUT2D eigenvalue weighted by Crippen LogP contribution is 2.21. The normalized spacial score (nSPS) is 14.8. The third-order valence-electron chi connectivity index (χ3n) is 1.87. The minimum absolute atomic E-state index is 0.336. The second-order valence-corrected chi connectivity index (χ2v) is 4.75. The van der Waals surface area contributed by atoms with Crippen LogP contribution >= 0.6 is 22.9 Å². The maximum absolute atomic E-state index is 5.39. The highest BCUT2D eigenvalue weighted by Gasteiger charge is 2.19. The van der Waals surface area contributed by atoms with Crippen molar-refractivity contribution in [3.63, 3.8) is 0 Å². The molecular formula is C8H20IN3. The lowest BCUT2D eigenvalue weighted by molar-refractivity contribution is 0.295. The number of nitrogens with two attached hydrogens (primary N) is 1. The van der Waals surface area contributed by atoms with Gasteiger partial charge in [-0.15, -0.1) is 0 Å². The van der Waals surface area contributed by atoms with Crippen molar-refractivity contribution in [2.24, 2.45) is 11.1 Å². The molecule has 0 bridgehead atoms. The Hall–Kier alpha value is 0.610. The van der Waals surface area contributed by atoms with Gasteiger partial charge < -0.3 is 11.1 Å². The van der Waals surface area contributed by atoms with Crippen molar-refractivity contribution < 1.29 is 0 Å². The molecule has 0 aliphatic heterocycles. The van der Waals surface area contributed by atoms with E-state index in [-0.39, 0.29) is 0 Å². The summed E-state index contributed by atoms with van der Waals surface area (Å²) in [5.41, 5.74) is 5.73. The zero-order valence-electron chi connectivity index (χ0n) is 8.15. The second-order valence-electron chi connectivity index (χ2n) is 3.99. The van der Waals surface area contributed by atoms with E-state index in [1.54, 1.807) is 0 Å². The van der Waals surface area contributed by atoms with Gasteiger partial charge in [-0.1, -0.05) is 13.8 Å². The lowest BCUT2D eigenvalue weighted by atomic mass is 9.86. The van der Waals surface area contributed by atoms with Gasteiger partial charge in [0.15, 0.2) is 0 Å².